The van der Waals surface area contributed by atoms with E-state index in [-0.39, 0.29) is 23.2 Å². The first-order chi connectivity index (χ1) is 16.9. The standard InChI is InChI=1S/C28H26ClF3N2O2/c1-17(2)36-24-14-13-18(15-22(24)29)19-9-6-8-12-23(19)34-16-25(27(3,4)35)33-26(34)20-10-5-7-11-21(20)28(30,31)32/h5-17,35H,1-4H3. The fourth-order valence-electron chi connectivity index (χ4n) is 3.92. The highest BCUT2D eigenvalue weighted by Crippen LogP contribution is 2.40. The molecule has 36 heavy (non-hydrogen) atoms. The summed E-state index contributed by atoms with van der Waals surface area (Å²) in [7, 11) is 0. The zero-order valence-electron chi connectivity index (χ0n) is 20.3. The molecule has 1 heterocycles. The number of alkyl halides is 3. The Hall–Kier alpha value is -3.29. The first-order valence-corrected chi connectivity index (χ1v) is 11.8. The van der Waals surface area contributed by atoms with Crippen LogP contribution < -0.4 is 4.74 Å². The maximum absolute atomic E-state index is 13.9. The monoisotopic (exact) mass is 514 g/mol. The third kappa shape index (κ3) is 5.27. The fourth-order valence-corrected chi connectivity index (χ4v) is 4.14. The summed E-state index contributed by atoms with van der Waals surface area (Å²) in [5.74, 6) is 0.609. The number of benzene rings is 3. The highest BCUT2D eigenvalue weighted by Gasteiger charge is 2.35. The van der Waals surface area contributed by atoms with Gasteiger partial charge in [-0.05, 0) is 57.5 Å². The molecule has 0 atom stereocenters. The molecule has 0 aliphatic heterocycles. The van der Waals surface area contributed by atoms with Crippen molar-refractivity contribution in [2.45, 2.75) is 45.6 Å². The van der Waals surface area contributed by atoms with Gasteiger partial charge in [0.05, 0.1) is 28.1 Å². The molecule has 3 aromatic carbocycles. The number of nitrogens with zero attached hydrogens (tertiary/aromatic N) is 2. The number of imidazole rings is 1. The molecule has 0 radical (unpaired) electrons. The van der Waals surface area contributed by atoms with E-state index in [4.69, 9.17) is 16.3 Å². The quantitative estimate of drug-likeness (QED) is 0.284. The minimum atomic E-state index is -4.58. The molecule has 0 aliphatic carbocycles. The van der Waals surface area contributed by atoms with Gasteiger partial charge in [-0.2, -0.15) is 13.2 Å². The van der Waals surface area contributed by atoms with E-state index in [0.717, 1.165) is 17.2 Å². The lowest BCUT2D eigenvalue weighted by Gasteiger charge is -2.17. The number of hydrogen-bond donors (Lipinski definition) is 1. The van der Waals surface area contributed by atoms with E-state index in [1.165, 1.54) is 32.0 Å². The molecule has 0 amide bonds. The SMILES string of the molecule is CC(C)Oc1ccc(-c2ccccc2-n2cc(C(C)(C)O)nc2-c2ccccc2C(F)(F)F)cc1Cl. The van der Waals surface area contributed by atoms with Crippen molar-refractivity contribution in [3.8, 4) is 34.0 Å². The minimum absolute atomic E-state index is 0.0527. The third-order valence-corrected chi connectivity index (χ3v) is 5.87. The molecule has 1 N–H and O–H groups in total. The zero-order valence-corrected chi connectivity index (χ0v) is 21.0. The summed E-state index contributed by atoms with van der Waals surface area (Å²) < 4.78 is 49.1. The first-order valence-electron chi connectivity index (χ1n) is 11.4. The van der Waals surface area contributed by atoms with Crippen molar-refractivity contribution in [2.75, 3.05) is 0 Å². The lowest BCUT2D eigenvalue weighted by atomic mass is 10.0. The number of aromatic nitrogens is 2. The van der Waals surface area contributed by atoms with E-state index < -0.39 is 17.3 Å². The van der Waals surface area contributed by atoms with E-state index in [1.807, 2.05) is 32.0 Å². The van der Waals surface area contributed by atoms with Gasteiger partial charge in [0.25, 0.3) is 0 Å². The largest absolute Gasteiger partial charge is 0.489 e. The lowest BCUT2D eigenvalue weighted by Crippen LogP contribution is -2.15. The Kier molecular flexibility index (Phi) is 6.90. The van der Waals surface area contributed by atoms with Gasteiger partial charge in [-0.1, -0.05) is 54.1 Å². The van der Waals surface area contributed by atoms with Crippen LogP contribution in [0, 0.1) is 0 Å². The zero-order chi connectivity index (χ0) is 26.3. The van der Waals surface area contributed by atoms with Crippen molar-refractivity contribution >= 4 is 11.6 Å². The van der Waals surface area contributed by atoms with Crippen molar-refractivity contribution in [1.82, 2.24) is 9.55 Å². The second-order valence-corrected chi connectivity index (χ2v) is 9.66. The summed E-state index contributed by atoms with van der Waals surface area (Å²) in [5, 5.41) is 11.1. The average Bonchev–Trinajstić information content (AvgIpc) is 3.25. The summed E-state index contributed by atoms with van der Waals surface area (Å²) in [6, 6.07) is 17.9. The molecule has 0 saturated heterocycles. The molecular weight excluding hydrogens is 489 g/mol. The number of aliphatic hydroxyl groups is 1. The van der Waals surface area contributed by atoms with Crippen LogP contribution in [0.25, 0.3) is 28.2 Å². The maximum atomic E-state index is 13.9. The van der Waals surface area contributed by atoms with E-state index in [1.54, 1.807) is 35.0 Å². The maximum Gasteiger partial charge on any atom is 0.417 e. The number of para-hydroxylation sites is 1. The van der Waals surface area contributed by atoms with Crippen molar-refractivity contribution in [3.05, 3.63) is 89.2 Å². The molecule has 4 aromatic rings. The highest BCUT2D eigenvalue weighted by atomic mass is 35.5. The molecule has 8 heteroatoms. The van der Waals surface area contributed by atoms with Crippen LogP contribution in [0.5, 0.6) is 5.75 Å². The van der Waals surface area contributed by atoms with Crippen LogP contribution in [0.1, 0.15) is 39.0 Å². The van der Waals surface area contributed by atoms with Crippen LogP contribution in [-0.2, 0) is 11.8 Å². The van der Waals surface area contributed by atoms with E-state index >= 15 is 0 Å². The van der Waals surface area contributed by atoms with E-state index in [0.29, 0.717) is 16.5 Å². The summed E-state index contributed by atoms with van der Waals surface area (Å²) in [4.78, 5) is 4.47. The number of rotatable bonds is 6. The molecular formula is C28H26ClF3N2O2. The second kappa shape index (κ2) is 9.64. The van der Waals surface area contributed by atoms with Crippen molar-refractivity contribution < 1.29 is 23.0 Å². The predicted octanol–water partition coefficient (Wildman–Crippen LogP) is 7.89. The summed E-state index contributed by atoms with van der Waals surface area (Å²) >= 11 is 6.48. The van der Waals surface area contributed by atoms with Gasteiger partial charge < -0.3 is 9.84 Å². The second-order valence-electron chi connectivity index (χ2n) is 9.25. The fraction of sp³-hybridized carbons (Fsp3) is 0.250. The van der Waals surface area contributed by atoms with Gasteiger partial charge >= 0.3 is 6.18 Å². The Labute approximate surface area is 213 Å². The van der Waals surface area contributed by atoms with Crippen LogP contribution in [-0.4, -0.2) is 20.8 Å². The molecule has 0 spiro atoms. The lowest BCUT2D eigenvalue weighted by molar-refractivity contribution is -0.137. The number of ether oxygens (including phenoxy) is 1. The van der Waals surface area contributed by atoms with Gasteiger partial charge in [0.2, 0.25) is 0 Å². The van der Waals surface area contributed by atoms with E-state index in [9.17, 15) is 18.3 Å². The van der Waals surface area contributed by atoms with Crippen LogP contribution in [0.2, 0.25) is 5.02 Å². The van der Waals surface area contributed by atoms with Gasteiger partial charge in [0, 0.05) is 17.3 Å². The Balaban J connectivity index is 1.95. The Morgan fingerprint density at radius 3 is 2.19 bits per heavy atom. The van der Waals surface area contributed by atoms with Crippen molar-refractivity contribution in [2.24, 2.45) is 0 Å². The molecule has 0 unspecified atom stereocenters. The molecule has 4 nitrogen and oxygen atoms in total. The summed E-state index contributed by atoms with van der Waals surface area (Å²) in [5.41, 5.74) is 0.0236. The highest BCUT2D eigenvalue weighted by molar-refractivity contribution is 6.32. The molecule has 4 rings (SSSR count). The molecule has 0 saturated carbocycles. The van der Waals surface area contributed by atoms with Crippen LogP contribution in [0.3, 0.4) is 0 Å². The molecule has 0 fully saturated rings. The number of hydrogen-bond acceptors (Lipinski definition) is 3. The Morgan fingerprint density at radius 2 is 1.58 bits per heavy atom. The van der Waals surface area contributed by atoms with Gasteiger partial charge in [0.15, 0.2) is 0 Å². The normalized spacial score (nSPS) is 12.3. The predicted molar refractivity (Wildman–Crippen MR) is 135 cm³/mol. The topological polar surface area (TPSA) is 47.3 Å². The van der Waals surface area contributed by atoms with Crippen LogP contribution in [0.15, 0.2) is 72.9 Å². The van der Waals surface area contributed by atoms with E-state index in [2.05, 4.69) is 4.98 Å². The van der Waals surface area contributed by atoms with Crippen LogP contribution in [0.4, 0.5) is 13.2 Å². The van der Waals surface area contributed by atoms with Gasteiger partial charge in [-0.3, -0.25) is 4.57 Å². The Morgan fingerprint density at radius 1 is 0.944 bits per heavy atom. The van der Waals surface area contributed by atoms with Gasteiger partial charge in [-0.15, -0.1) is 0 Å². The van der Waals surface area contributed by atoms with Crippen LogP contribution >= 0.6 is 11.6 Å². The van der Waals surface area contributed by atoms with Crippen molar-refractivity contribution in [3.63, 3.8) is 0 Å². The smallest absolute Gasteiger partial charge is 0.417 e. The molecule has 188 valence electrons. The van der Waals surface area contributed by atoms with Crippen molar-refractivity contribution in [1.29, 1.82) is 0 Å². The third-order valence-electron chi connectivity index (χ3n) is 5.58. The van der Waals surface area contributed by atoms with Gasteiger partial charge in [0.1, 0.15) is 17.2 Å². The average molecular weight is 515 g/mol. The molecule has 1 aromatic heterocycles. The molecule has 0 aliphatic rings. The minimum Gasteiger partial charge on any atom is -0.489 e. The number of halogens is 4. The summed E-state index contributed by atoms with van der Waals surface area (Å²) in [6.45, 7) is 6.88. The summed E-state index contributed by atoms with van der Waals surface area (Å²) in [6.07, 6.45) is -3.07. The van der Waals surface area contributed by atoms with Gasteiger partial charge in [-0.25, -0.2) is 4.98 Å². The first kappa shape index (κ1) is 25.8. The Bertz CT molecular complexity index is 1390. The molecule has 0 bridgehead atoms.